The second kappa shape index (κ2) is 11.7. The third-order valence-electron chi connectivity index (χ3n) is 6.26. The second-order valence-corrected chi connectivity index (χ2v) is 8.50. The van der Waals surface area contributed by atoms with E-state index in [-0.39, 0.29) is 22.5 Å². The first-order valence-corrected chi connectivity index (χ1v) is 12.4. The van der Waals surface area contributed by atoms with Crippen LogP contribution in [0.15, 0.2) is 72.3 Å². The van der Waals surface area contributed by atoms with Crippen molar-refractivity contribution in [3.05, 3.63) is 89.0 Å². The van der Waals surface area contributed by atoms with E-state index in [1.807, 2.05) is 6.92 Å². The smallest absolute Gasteiger partial charge is 0.337 e. The molecule has 9 heteroatoms. The van der Waals surface area contributed by atoms with Crippen molar-refractivity contribution in [3.63, 3.8) is 0 Å². The quantitative estimate of drug-likeness (QED) is 0.180. The summed E-state index contributed by atoms with van der Waals surface area (Å²) in [5, 5.41) is 11.6. The molecule has 3 aromatic rings. The van der Waals surface area contributed by atoms with Crippen molar-refractivity contribution in [2.45, 2.75) is 19.9 Å². The first kappa shape index (κ1) is 27.3. The van der Waals surface area contributed by atoms with Crippen LogP contribution in [-0.2, 0) is 14.3 Å². The average Bonchev–Trinajstić information content (AvgIpc) is 3.22. The van der Waals surface area contributed by atoms with Gasteiger partial charge in [-0.05, 0) is 67.9 Å². The summed E-state index contributed by atoms with van der Waals surface area (Å²) >= 11 is 0. The maximum Gasteiger partial charge on any atom is 0.337 e. The Morgan fingerprint density at radius 2 is 1.51 bits per heavy atom. The molecule has 4 rings (SSSR count). The number of carbonyl (C=O) groups is 3. The van der Waals surface area contributed by atoms with Crippen LogP contribution in [0.1, 0.15) is 41.4 Å². The van der Waals surface area contributed by atoms with Gasteiger partial charge in [0, 0.05) is 11.8 Å². The maximum absolute atomic E-state index is 13.5. The van der Waals surface area contributed by atoms with Gasteiger partial charge in [0.1, 0.15) is 23.0 Å². The molecule has 0 spiro atoms. The van der Waals surface area contributed by atoms with Crippen LogP contribution >= 0.6 is 0 Å². The van der Waals surface area contributed by atoms with Gasteiger partial charge in [-0.1, -0.05) is 12.1 Å². The standard InChI is InChI=1S/C30H29NO8/c1-5-38-22-15-16-23(24(17-22)39-6-2)27(32)25-26(18-9-13-21(36-3)14-10-18)31(29(34)28(25)33)20-11-7-19(8-12-20)30(35)37-4/h7-17,26,32H,5-6H2,1-4H3/b27-25-. The van der Waals surface area contributed by atoms with Crippen LogP contribution in [-0.4, -0.2) is 50.2 Å². The zero-order valence-corrected chi connectivity index (χ0v) is 22.1. The van der Waals surface area contributed by atoms with Crippen molar-refractivity contribution in [3.8, 4) is 17.2 Å². The molecule has 39 heavy (non-hydrogen) atoms. The van der Waals surface area contributed by atoms with E-state index < -0.39 is 23.7 Å². The summed E-state index contributed by atoms with van der Waals surface area (Å²) in [7, 11) is 2.81. The lowest BCUT2D eigenvalue weighted by Crippen LogP contribution is -2.29. The highest BCUT2D eigenvalue weighted by atomic mass is 16.5. The highest BCUT2D eigenvalue weighted by molar-refractivity contribution is 6.51. The fourth-order valence-electron chi connectivity index (χ4n) is 4.45. The number of benzene rings is 3. The van der Waals surface area contributed by atoms with Gasteiger partial charge >= 0.3 is 5.97 Å². The minimum atomic E-state index is -0.971. The molecule has 202 valence electrons. The SMILES string of the molecule is CCOc1ccc(/C(O)=C2/C(=O)C(=O)N(c3ccc(C(=O)OC)cc3)C2c2ccc(OC)cc2)c(OCC)c1. The van der Waals surface area contributed by atoms with E-state index in [1.165, 1.54) is 31.3 Å². The molecule has 1 N–H and O–H groups in total. The minimum Gasteiger partial charge on any atom is -0.507 e. The number of carbonyl (C=O) groups excluding carboxylic acids is 3. The van der Waals surface area contributed by atoms with Gasteiger partial charge in [-0.3, -0.25) is 14.5 Å². The third-order valence-corrected chi connectivity index (χ3v) is 6.26. The molecule has 1 atom stereocenters. The molecule has 0 saturated carbocycles. The number of ketones is 1. The van der Waals surface area contributed by atoms with Crippen molar-refractivity contribution in [2.24, 2.45) is 0 Å². The number of ether oxygens (including phenoxy) is 4. The molecule has 1 unspecified atom stereocenters. The third kappa shape index (κ3) is 5.29. The van der Waals surface area contributed by atoms with E-state index in [9.17, 15) is 19.5 Å². The highest BCUT2D eigenvalue weighted by Gasteiger charge is 2.47. The molecule has 1 amide bonds. The molecule has 1 saturated heterocycles. The number of methoxy groups -OCH3 is 2. The van der Waals surface area contributed by atoms with Crippen molar-refractivity contribution in [1.82, 2.24) is 0 Å². The molecule has 0 bridgehead atoms. The lowest BCUT2D eigenvalue weighted by Gasteiger charge is -2.26. The first-order valence-electron chi connectivity index (χ1n) is 12.4. The largest absolute Gasteiger partial charge is 0.507 e. The molecule has 9 nitrogen and oxygen atoms in total. The number of nitrogens with zero attached hydrogens (tertiary/aromatic N) is 1. The number of anilines is 1. The molecule has 1 heterocycles. The van der Waals surface area contributed by atoms with E-state index in [2.05, 4.69) is 0 Å². The lowest BCUT2D eigenvalue weighted by molar-refractivity contribution is -0.132. The van der Waals surface area contributed by atoms with Crippen LogP contribution in [0.2, 0.25) is 0 Å². The number of hydrogen-bond donors (Lipinski definition) is 1. The van der Waals surface area contributed by atoms with Crippen LogP contribution in [0.3, 0.4) is 0 Å². The molecular weight excluding hydrogens is 502 g/mol. The van der Waals surface area contributed by atoms with Crippen LogP contribution in [0.25, 0.3) is 5.76 Å². The molecule has 1 aliphatic rings. The molecule has 3 aromatic carbocycles. The predicted octanol–water partition coefficient (Wildman–Crippen LogP) is 4.91. The molecule has 1 aliphatic heterocycles. The Balaban J connectivity index is 1.91. The monoisotopic (exact) mass is 531 g/mol. The zero-order chi connectivity index (χ0) is 28.1. The van der Waals surface area contributed by atoms with Crippen molar-refractivity contribution >= 4 is 29.1 Å². The van der Waals surface area contributed by atoms with Crippen molar-refractivity contribution in [1.29, 1.82) is 0 Å². The van der Waals surface area contributed by atoms with Crippen LogP contribution in [0, 0.1) is 0 Å². The van der Waals surface area contributed by atoms with E-state index in [4.69, 9.17) is 18.9 Å². The van der Waals surface area contributed by atoms with Gasteiger partial charge in [0.25, 0.3) is 11.7 Å². The summed E-state index contributed by atoms with van der Waals surface area (Å²) < 4.78 is 21.3. The summed E-state index contributed by atoms with van der Waals surface area (Å²) in [5.74, 6) is -1.17. The number of Topliss-reactive ketones (excluding diaryl/α,β-unsaturated/α-hetero) is 1. The van der Waals surface area contributed by atoms with Gasteiger partial charge in [0.2, 0.25) is 0 Å². The van der Waals surface area contributed by atoms with Crippen molar-refractivity contribution < 1.29 is 38.4 Å². The number of esters is 1. The summed E-state index contributed by atoms with van der Waals surface area (Å²) in [6.45, 7) is 4.39. The zero-order valence-electron chi connectivity index (χ0n) is 22.1. The Hall–Kier alpha value is -4.79. The van der Waals surface area contributed by atoms with Gasteiger partial charge in [0.15, 0.2) is 0 Å². The predicted molar refractivity (Wildman–Crippen MR) is 144 cm³/mol. The summed E-state index contributed by atoms with van der Waals surface area (Å²) in [4.78, 5) is 40.2. The fraction of sp³-hybridized carbons (Fsp3) is 0.233. The molecule has 0 aromatic heterocycles. The van der Waals surface area contributed by atoms with Gasteiger partial charge in [0.05, 0.1) is 50.2 Å². The summed E-state index contributed by atoms with van der Waals surface area (Å²) in [6, 6.07) is 16.9. The van der Waals surface area contributed by atoms with Crippen molar-refractivity contribution in [2.75, 3.05) is 32.3 Å². The van der Waals surface area contributed by atoms with Gasteiger partial charge in [-0.2, -0.15) is 0 Å². The molecule has 0 radical (unpaired) electrons. The Bertz CT molecular complexity index is 1410. The van der Waals surface area contributed by atoms with E-state index in [0.717, 1.165) is 0 Å². The van der Waals surface area contributed by atoms with E-state index in [0.29, 0.717) is 41.7 Å². The fourth-order valence-corrected chi connectivity index (χ4v) is 4.45. The number of hydrogen-bond acceptors (Lipinski definition) is 8. The molecular formula is C30H29NO8. The molecule has 1 fully saturated rings. The van der Waals surface area contributed by atoms with Crippen LogP contribution in [0.5, 0.6) is 17.2 Å². The van der Waals surface area contributed by atoms with Crippen LogP contribution < -0.4 is 19.1 Å². The first-order chi connectivity index (χ1) is 18.8. The number of rotatable bonds is 9. The molecule has 0 aliphatic carbocycles. The van der Waals surface area contributed by atoms with Crippen LogP contribution in [0.4, 0.5) is 5.69 Å². The topological polar surface area (TPSA) is 112 Å². The minimum absolute atomic E-state index is 0.104. The summed E-state index contributed by atoms with van der Waals surface area (Å²) in [5.41, 5.74) is 1.36. The normalized spacial score (nSPS) is 16.2. The van der Waals surface area contributed by atoms with Gasteiger partial charge in [-0.15, -0.1) is 0 Å². The lowest BCUT2D eigenvalue weighted by atomic mass is 9.94. The number of aliphatic hydroxyl groups is 1. The second-order valence-electron chi connectivity index (χ2n) is 8.50. The number of amides is 1. The van der Waals surface area contributed by atoms with E-state index in [1.54, 1.807) is 61.5 Å². The van der Waals surface area contributed by atoms with Gasteiger partial charge in [-0.25, -0.2) is 4.79 Å². The van der Waals surface area contributed by atoms with E-state index >= 15 is 0 Å². The van der Waals surface area contributed by atoms with Gasteiger partial charge < -0.3 is 24.1 Å². The maximum atomic E-state index is 13.5. The Morgan fingerprint density at radius 1 is 0.872 bits per heavy atom. The average molecular weight is 532 g/mol. The summed E-state index contributed by atoms with van der Waals surface area (Å²) in [6.07, 6.45) is 0. The highest BCUT2D eigenvalue weighted by Crippen LogP contribution is 2.44. The Morgan fingerprint density at radius 3 is 2.10 bits per heavy atom. The Labute approximate surface area is 226 Å². The number of aliphatic hydroxyl groups excluding tert-OH is 1. The Kier molecular flexibility index (Phi) is 8.19.